The Balaban J connectivity index is 1.30. The van der Waals surface area contributed by atoms with Gasteiger partial charge in [-0.15, -0.1) is 16.4 Å². The van der Waals surface area contributed by atoms with Crippen LogP contribution in [0, 0.1) is 0 Å². The Hall–Kier alpha value is -3.79. The zero-order chi connectivity index (χ0) is 20.3. The molecule has 10 heteroatoms. The number of hydrazone groups is 1. The predicted octanol–water partition coefficient (Wildman–Crippen LogP) is 3.07. The van der Waals surface area contributed by atoms with Crippen molar-refractivity contribution in [3.05, 3.63) is 77.1 Å². The third kappa shape index (κ3) is 3.60. The number of nitrogens with zero attached hydrogens (tertiary/aromatic N) is 6. The van der Waals surface area contributed by atoms with Gasteiger partial charge in [0.1, 0.15) is 23.9 Å². The maximum Gasteiger partial charge on any atom is 0.281 e. The number of amides is 1. The Morgan fingerprint density at radius 3 is 2.80 bits per heavy atom. The molecule has 0 spiro atoms. The monoisotopic (exact) mass is 420 g/mol. The lowest BCUT2D eigenvalue weighted by Gasteiger charge is -2.20. The predicted molar refractivity (Wildman–Crippen MR) is 108 cm³/mol. The zero-order valence-electron chi connectivity index (χ0n) is 15.7. The molecule has 4 heterocycles. The number of furan rings is 1. The van der Waals surface area contributed by atoms with Crippen molar-refractivity contribution in [2.45, 2.75) is 12.5 Å². The lowest BCUT2D eigenvalue weighted by atomic mass is 10.1. The molecule has 4 aromatic rings. The lowest BCUT2D eigenvalue weighted by Crippen LogP contribution is -2.31. The molecule has 1 aromatic carbocycles. The molecule has 0 radical (unpaired) electrons. The fraction of sp³-hybridized carbons (Fsp3) is 0.150. The second-order valence-electron chi connectivity index (χ2n) is 6.53. The summed E-state index contributed by atoms with van der Waals surface area (Å²) in [5.41, 5.74) is 1.66. The summed E-state index contributed by atoms with van der Waals surface area (Å²) in [4.78, 5) is 14.0. The number of carbonyl (C=O) groups is 1. The first kappa shape index (κ1) is 18.3. The van der Waals surface area contributed by atoms with Gasteiger partial charge in [0.05, 0.1) is 22.5 Å². The van der Waals surface area contributed by atoms with E-state index in [1.54, 1.807) is 29.7 Å². The van der Waals surface area contributed by atoms with Crippen LogP contribution < -0.4 is 4.74 Å². The van der Waals surface area contributed by atoms with Gasteiger partial charge in [-0.3, -0.25) is 4.79 Å². The van der Waals surface area contributed by atoms with Crippen LogP contribution in [0.1, 0.15) is 23.1 Å². The average Bonchev–Trinajstić information content (AvgIpc) is 3.58. The van der Waals surface area contributed by atoms with E-state index >= 15 is 0 Å². The summed E-state index contributed by atoms with van der Waals surface area (Å²) in [7, 11) is 0. The Labute approximate surface area is 175 Å². The first-order valence-electron chi connectivity index (χ1n) is 9.21. The van der Waals surface area contributed by atoms with E-state index in [0.29, 0.717) is 17.9 Å². The second kappa shape index (κ2) is 7.91. The molecule has 1 amide bonds. The number of aromatic nitrogens is 4. The minimum absolute atomic E-state index is 0.136. The van der Waals surface area contributed by atoms with E-state index < -0.39 is 0 Å². The van der Waals surface area contributed by atoms with E-state index in [1.165, 1.54) is 16.0 Å². The van der Waals surface area contributed by atoms with E-state index in [9.17, 15) is 4.79 Å². The molecule has 0 saturated heterocycles. The molecule has 0 fully saturated rings. The molecule has 0 saturated carbocycles. The maximum atomic E-state index is 12.9. The van der Waals surface area contributed by atoms with Crippen LogP contribution in [0.2, 0.25) is 0 Å². The van der Waals surface area contributed by atoms with Crippen molar-refractivity contribution >= 4 is 23.0 Å². The molecule has 0 N–H and O–H groups in total. The molecule has 150 valence electrons. The third-order valence-electron chi connectivity index (χ3n) is 4.66. The molecule has 9 nitrogen and oxygen atoms in total. The molecule has 1 aliphatic heterocycles. The first-order valence-corrected chi connectivity index (χ1v) is 10.1. The van der Waals surface area contributed by atoms with Crippen molar-refractivity contribution in [2.24, 2.45) is 5.10 Å². The number of hydrogen-bond acceptors (Lipinski definition) is 8. The summed E-state index contributed by atoms with van der Waals surface area (Å²) < 4.78 is 12.8. The van der Waals surface area contributed by atoms with Crippen LogP contribution >= 0.6 is 11.3 Å². The minimum atomic E-state index is -0.282. The van der Waals surface area contributed by atoms with Gasteiger partial charge in [-0.2, -0.15) is 5.10 Å². The number of ether oxygens (including phenoxy) is 1. The Morgan fingerprint density at radius 2 is 2.10 bits per heavy atom. The molecular weight excluding hydrogens is 404 g/mol. The number of rotatable bonds is 6. The van der Waals surface area contributed by atoms with E-state index in [0.717, 1.165) is 16.3 Å². The quantitative estimate of drug-likeness (QED) is 0.475. The average molecular weight is 420 g/mol. The SMILES string of the molecule is O=C(COc1ccc(-n2cnnn2)cc1)N1N=C(c2cccs2)C[C@@H]1c1ccco1. The lowest BCUT2D eigenvalue weighted by molar-refractivity contribution is -0.135. The van der Waals surface area contributed by atoms with E-state index in [1.807, 2.05) is 41.8 Å². The normalized spacial score (nSPS) is 15.9. The number of thiophene rings is 1. The summed E-state index contributed by atoms with van der Waals surface area (Å²) in [5, 5.41) is 19.1. The minimum Gasteiger partial charge on any atom is -0.484 e. The van der Waals surface area contributed by atoms with Crippen LogP contribution in [0.4, 0.5) is 0 Å². The van der Waals surface area contributed by atoms with Gasteiger partial charge >= 0.3 is 0 Å². The largest absolute Gasteiger partial charge is 0.484 e. The maximum absolute atomic E-state index is 12.9. The molecule has 30 heavy (non-hydrogen) atoms. The Bertz CT molecular complexity index is 1140. The fourth-order valence-corrected chi connectivity index (χ4v) is 3.94. The van der Waals surface area contributed by atoms with Gasteiger partial charge in [-0.05, 0) is 58.3 Å². The molecule has 1 atom stereocenters. The summed E-state index contributed by atoms with van der Waals surface area (Å²) in [6.07, 6.45) is 3.70. The van der Waals surface area contributed by atoms with E-state index in [-0.39, 0.29) is 18.6 Å². The van der Waals surface area contributed by atoms with Crippen LogP contribution in [0.25, 0.3) is 5.69 Å². The molecule has 5 rings (SSSR count). The van der Waals surface area contributed by atoms with Gasteiger partial charge in [0, 0.05) is 6.42 Å². The fourth-order valence-electron chi connectivity index (χ4n) is 3.22. The van der Waals surface area contributed by atoms with Gasteiger partial charge in [0.25, 0.3) is 5.91 Å². The number of carbonyl (C=O) groups excluding carboxylic acids is 1. The van der Waals surface area contributed by atoms with Crippen molar-refractivity contribution < 1.29 is 13.9 Å². The van der Waals surface area contributed by atoms with Crippen molar-refractivity contribution in [3.63, 3.8) is 0 Å². The standard InChI is InChI=1S/C20H16N6O3S/c27-20(12-29-15-7-5-14(6-8-15)25-13-21-23-24-25)26-17(18-3-1-9-28-18)11-16(22-26)19-4-2-10-30-19/h1-10,13,17H,11-12H2/t17-/m1/s1. The third-order valence-corrected chi connectivity index (χ3v) is 5.57. The first-order chi connectivity index (χ1) is 14.8. The summed E-state index contributed by atoms with van der Waals surface area (Å²) in [6.45, 7) is -0.136. The molecule has 0 bridgehead atoms. The van der Waals surface area contributed by atoms with Crippen LogP contribution in [0.5, 0.6) is 5.75 Å². The van der Waals surface area contributed by atoms with Crippen LogP contribution in [0.15, 0.2) is 76.0 Å². The molecule has 1 aliphatic rings. The second-order valence-corrected chi connectivity index (χ2v) is 7.48. The highest BCUT2D eigenvalue weighted by atomic mass is 32.1. The molecule has 0 unspecified atom stereocenters. The molecular formula is C20H16N6O3S. The van der Waals surface area contributed by atoms with Crippen LogP contribution in [-0.4, -0.2) is 43.4 Å². The van der Waals surface area contributed by atoms with Crippen molar-refractivity contribution in [3.8, 4) is 11.4 Å². The zero-order valence-corrected chi connectivity index (χ0v) is 16.5. The summed E-state index contributed by atoms with van der Waals surface area (Å²) in [6, 6.07) is 14.5. The van der Waals surface area contributed by atoms with E-state index in [2.05, 4.69) is 20.6 Å². The van der Waals surface area contributed by atoms with Gasteiger partial charge in [-0.1, -0.05) is 6.07 Å². The number of hydrogen-bond donors (Lipinski definition) is 0. The highest BCUT2D eigenvalue weighted by Crippen LogP contribution is 2.34. The molecule has 3 aromatic heterocycles. The van der Waals surface area contributed by atoms with Crippen molar-refractivity contribution in [1.82, 2.24) is 25.2 Å². The number of benzene rings is 1. The van der Waals surface area contributed by atoms with Gasteiger partial charge in [-0.25, -0.2) is 9.69 Å². The van der Waals surface area contributed by atoms with Gasteiger partial charge < -0.3 is 9.15 Å². The van der Waals surface area contributed by atoms with Crippen LogP contribution in [0.3, 0.4) is 0 Å². The van der Waals surface area contributed by atoms with Gasteiger partial charge in [0.2, 0.25) is 0 Å². The van der Waals surface area contributed by atoms with Crippen molar-refractivity contribution in [2.75, 3.05) is 6.61 Å². The Kier molecular flexibility index (Phi) is 4.81. The summed E-state index contributed by atoms with van der Waals surface area (Å²) >= 11 is 1.60. The van der Waals surface area contributed by atoms with Crippen molar-refractivity contribution in [1.29, 1.82) is 0 Å². The van der Waals surface area contributed by atoms with Gasteiger partial charge in [0.15, 0.2) is 6.61 Å². The highest BCUT2D eigenvalue weighted by molar-refractivity contribution is 7.12. The summed E-state index contributed by atoms with van der Waals surface area (Å²) in [5.74, 6) is 1.02. The topological polar surface area (TPSA) is 98.6 Å². The van der Waals surface area contributed by atoms with E-state index in [4.69, 9.17) is 9.15 Å². The highest BCUT2D eigenvalue weighted by Gasteiger charge is 2.35. The Morgan fingerprint density at radius 1 is 1.20 bits per heavy atom. The smallest absolute Gasteiger partial charge is 0.281 e. The van der Waals surface area contributed by atoms with Crippen LogP contribution in [-0.2, 0) is 4.79 Å². The number of tetrazole rings is 1. The molecule has 0 aliphatic carbocycles.